The second-order valence-electron chi connectivity index (χ2n) is 5.13. The molecule has 0 saturated carbocycles. The van der Waals surface area contributed by atoms with Crippen molar-refractivity contribution in [1.29, 1.82) is 0 Å². The minimum absolute atomic E-state index is 0.137. The molecule has 0 spiro atoms. The number of anilines is 3. The number of aryl methyl sites for hydroxylation is 1. The molecular formula is C17H15ClN4OS2. The number of hydrogen-bond donors (Lipinski definition) is 2. The number of nitrogens with zero attached hydrogens (tertiary/aromatic N) is 2. The predicted molar refractivity (Wildman–Crippen MR) is 105 cm³/mol. The fraction of sp³-hybridized carbons (Fsp3) is 0.118. The molecule has 25 heavy (non-hydrogen) atoms. The van der Waals surface area contributed by atoms with E-state index in [2.05, 4.69) is 20.8 Å². The Bertz CT molecular complexity index is 884. The Morgan fingerprint density at radius 2 is 1.84 bits per heavy atom. The number of benzene rings is 2. The van der Waals surface area contributed by atoms with Gasteiger partial charge in [0.15, 0.2) is 4.34 Å². The van der Waals surface area contributed by atoms with Gasteiger partial charge in [-0.1, -0.05) is 65.0 Å². The summed E-state index contributed by atoms with van der Waals surface area (Å²) in [6.45, 7) is 2.03. The maximum Gasteiger partial charge on any atom is 0.234 e. The maximum absolute atomic E-state index is 12.0. The van der Waals surface area contributed by atoms with Gasteiger partial charge in [-0.05, 0) is 30.7 Å². The topological polar surface area (TPSA) is 66.9 Å². The Morgan fingerprint density at radius 1 is 1.12 bits per heavy atom. The van der Waals surface area contributed by atoms with Crippen molar-refractivity contribution in [1.82, 2.24) is 10.2 Å². The molecule has 2 aromatic carbocycles. The molecule has 5 nitrogen and oxygen atoms in total. The smallest absolute Gasteiger partial charge is 0.234 e. The summed E-state index contributed by atoms with van der Waals surface area (Å²) in [6, 6.07) is 15.1. The first-order chi connectivity index (χ1) is 12.1. The first-order valence-electron chi connectivity index (χ1n) is 7.45. The van der Waals surface area contributed by atoms with E-state index in [0.717, 1.165) is 15.6 Å². The molecule has 0 aliphatic rings. The summed E-state index contributed by atoms with van der Waals surface area (Å²) in [5.41, 5.74) is 2.73. The van der Waals surface area contributed by atoms with Crippen molar-refractivity contribution in [3.63, 3.8) is 0 Å². The van der Waals surface area contributed by atoms with Gasteiger partial charge in [-0.2, -0.15) is 0 Å². The summed E-state index contributed by atoms with van der Waals surface area (Å²) in [5.74, 6) is 0.103. The molecule has 3 aromatic rings. The van der Waals surface area contributed by atoms with Gasteiger partial charge in [0, 0.05) is 5.69 Å². The number of amides is 1. The van der Waals surface area contributed by atoms with Gasteiger partial charge < -0.3 is 10.6 Å². The number of carbonyl (C=O) groups is 1. The van der Waals surface area contributed by atoms with Gasteiger partial charge in [-0.3, -0.25) is 4.79 Å². The van der Waals surface area contributed by atoms with Crippen molar-refractivity contribution < 1.29 is 4.79 Å². The number of para-hydroxylation sites is 2. The zero-order valence-electron chi connectivity index (χ0n) is 13.3. The Morgan fingerprint density at radius 3 is 2.60 bits per heavy atom. The van der Waals surface area contributed by atoms with Crippen LogP contribution < -0.4 is 10.6 Å². The second-order valence-corrected chi connectivity index (χ2v) is 7.74. The first kappa shape index (κ1) is 17.7. The average Bonchev–Trinajstić information content (AvgIpc) is 3.05. The van der Waals surface area contributed by atoms with Gasteiger partial charge in [-0.15, -0.1) is 10.2 Å². The van der Waals surface area contributed by atoms with E-state index in [9.17, 15) is 4.79 Å². The largest absolute Gasteiger partial charge is 0.330 e. The van der Waals surface area contributed by atoms with Crippen LogP contribution in [-0.2, 0) is 4.79 Å². The Hall–Kier alpha value is -2.09. The molecule has 8 heteroatoms. The summed E-state index contributed by atoms with van der Waals surface area (Å²) >= 11 is 8.78. The number of rotatable bonds is 6. The first-order valence-corrected chi connectivity index (χ1v) is 9.63. The minimum Gasteiger partial charge on any atom is -0.330 e. The van der Waals surface area contributed by atoms with Crippen LogP contribution in [0.5, 0.6) is 0 Å². The third kappa shape index (κ3) is 4.94. The van der Waals surface area contributed by atoms with E-state index in [0.29, 0.717) is 15.8 Å². The molecule has 0 radical (unpaired) electrons. The normalized spacial score (nSPS) is 10.5. The van der Waals surface area contributed by atoms with E-state index in [4.69, 9.17) is 11.6 Å². The predicted octanol–water partition coefficient (Wildman–Crippen LogP) is 4.97. The molecule has 2 N–H and O–H groups in total. The van der Waals surface area contributed by atoms with Gasteiger partial charge in [-0.25, -0.2) is 0 Å². The zero-order chi connectivity index (χ0) is 17.6. The van der Waals surface area contributed by atoms with Crippen LogP contribution >= 0.6 is 34.7 Å². The van der Waals surface area contributed by atoms with Crippen LogP contribution in [0, 0.1) is 6.92 Å². The highest BCUT2D eigenvalue weighted by Crippen LogP contribution is 2.29. The maximum atomic E-state index is 12.0. The summed E-state index contributed by atoms with van der Waals surface area (Å²) < 4.78 is 0.727. The average molecular weight is 391 g/mol. The van der Waals surface area contributed by atoms with Gasteiger partial charge in [0.1, 0.15) is 0 Å². The molecule has 3 rings (SSSR count). The SMILES string of the molecule is Cc1ccccc1Nc1nnc(SCC(=O)Nc2ccccc2Cl)s1. The Balaban J connectivity index is 1.54. The van der Waals surface area contributed by atoms with E-state index in [1.165, 1.54) is 23.1 Å². The summed E-state index contributed by atoms with van der Waals surface area (Å²) in [4.78, 5) is 12.0. The van der Waals surface area contributed by atoms with Crippen LogP contribution in [-0.4, -0.2) is 21.9 Å². The van der Waals surface area contributed by atoms with Crippen molar-refractivity contribution in [3.05, 3.63) is 59.1 Å². The van der Waals surface area contributed by atoms with Crippen molar-refractivity contribution in [2.24, 2.45) is 0 Å². The molecule has 128 valence electrons. The zero-order valence-corrected chi connectivity index (χ0v) is 15.7. The highest BCUT2D eigenvalue weighted by atomic mass is 35.5. The number of thioether (sulfide) groups is 1. The molecule has 0 unspecified atom stereocenters. The molecule has 0 bridgehead atoms. The van der Waals surface area contributed by atoms with E-state index in [1.807, 2.05) is 43.3 Å². The highest BCUT2D eigenvalue weighted by Gasteiger charge is 2.10. The number of nitrogens with one attached hydrogen (secondary N) is 2. The van der Waals surface area contributed by atoms with Crippen LogP contribution in [0.15, 0.2) is 52.9 Å². The van der Waals surface area contributed by atoms with Crippen molar-refractivity contribution in [2.45, 2.75) is 11.3 Å². The number of hydrogen-bond acceptors (Lipinski definition) is 6. The standard InChI is InChI=1S/C17H15ClN4OS2/c1-11-6-2-4-8-13(11)20-16-21-22-17(25-16)24-10-15(23)19-14-9-5-3-7-12(14)18/h2-9H,10H2,1H3,(H,19,23)(H,20,21). The molecule has 0 atom stereocenters. The molecule has 0 aliphatic heterocycles. The lowest BCUT2D eigenvalue weighted by Gasteiger charge is -2.05. The number of carbonyl (C=O) groups excluding carboxylic acids is 1. The Kier molecular flexibility index (Phi) is 5.91. The lowest BCUT2D eigenvalue weighted by atomic mass is 10.2. The van der Waals surface area contributed by atoms with Crippen molar-refractivity contribution in [2.75, 3.05) is 16.4 Å². The fourth-order valence-corrected chi connectivity index (χ4v) is 3.77. The van der Waals surface area contributed by atoms with Gasteiger partial charge in [0.25, 0.3) is 0 Å². The molecule has 0 saturated heterocycles. The van der Waals surface area contributed by atoms with Gasteiger partial charge in [0.05, 0.1) is 16.5 Å². The number of aromatic nitrogens is 2. The van der Waals surface area contributed by atoms with Crippen LogP contribution in [0.1, 0.15) is 5.56 Å². The van der Waals surface area contributed by atoms with Crippen LogP contribution in [0.2, 0.25) is 5.02 Å². The Labute approximate surface area is 158 Å². The lowest BCUT2D eigenvalue weighted by molar-refractivity contribution is -0.113. The third-order valence-corrected chi connectivity index (χ3v) is 5.57. The van der Waals surface area contributed by atoms with Gasteiger partial charge in [0.2, 0.25) is 11.0 Å². The monoisotopic (exact) mass is 390 g/mol. The highest BCUT2D eigenvalue weighted by molar-refractivity contribution is 8.01. The quantitative estimate of drug-likeness (QED) is 0.581. The van der Waals surface area contributed by atoms with Crippen molar-refractivity contribution >= 4 is 57.1 Å². The fourth-order valence-electron chi connectivity index (χ4n) is 2.02. The number of halogens is 1. The van der Waals surface area contributed by atoms with Crippen LogP contribution in [0.25, 0.3) is 0 Å². The summed E-state index contributed by atoms with van der Waals surface area (Å²) in [5, 5.41) is 15.5. The lowest BCUT2D eigenvalue weighted by Crippen LogP contribution is -2.14. The molecular weight excluding hydrogens is 376 g/mol. The molecule has 1 heterocycles. The molecule has 0 aliphatic carbocycles. The molecule has 1 aromatic heterocycles. The van der Waals surface area contributed by atoms with E-state index in [-0.39, 0.29) is 11.7 Å². The summed E-state index contributed by atoms with van der Waals surface area (Å²) in [7, 11) is 0. The van der Waals surface area contributed by atoms with Gasteiger partial charge >= 0.3 is 0 Å². The van der Waals surface area contributed by atoms with E-state index < -0.39 is 0 Å². The van der Waals surface area contributed by atoms with E-state index >= 15 is 0 Å². The molecule has 0 fully saturated rings. The second kappa shape index (κ2) is 8.33. The van der Waals surface area contributed by atoms with E-state index in [1.54, 1.807) is 12.1 Å². The van der Waals surface area contributed by atoms with Crippen LogP contribution in [0.3, 0.4) is 0 Å². The minimum atomic E-state index is -0.137. The van der Waals surface area contributed by atoms with Crippen molar-refractivity contribution in [3.8, 4) is 0 Å². The summed E-state index contributed by atoms with van der Waals surface area (Å²) in [6.07, 6.45) is 0. The molecule has 1 amide bonds. The third-order valence-electron chi connectivity index (χ3n) is 3.27. The van der Waals surface area contributed by atoms with Crippen LogP contribution in [0.4, 0.5) is 16.5 Å².